The van der Waals surface area contributed by atoms with Crippen LogP contribution in [-0.2, 0) is 11.3 Å². The van der Waals surface area contributed by atoms with Crippen LogP contribution in [0.25, 0.3) is 0 Å². The number of ether oxygens (including phenoxy) is 1. The second-order valence-electron chi connectivity index (χ2n) is 5.91. The van der Waals surface area contributed by atoms with Gasteiger partial charge in [-0.25, -0.2) is 4.79 Å². The Morgan fingerprint density at radius 1 is 1.20 bits per heavy atom. The van der Waals surface area contributed by atoms with Crippen molar-refractivity contribution < 1.29 is 19.1 Å². The number of furan rings is 1. The van der Waals surface area contributed by atoms with Crippen molar-refractivity contribution in [2.24, 2.45) is 0 Å². The van der Waals surface area contributed by atoms with Crippen LogP contribution in [0.5, 0.6) is 0 Å². The molecule has 0 radical (unpaired) electrons. The highest BCUT2D eigenvalue weighted by molar-refractivity contribution is 5.84. The monoisotopic (exact) mass is 336 g/mol. The number of hydrogen-bond acceptors (Lipinski definition) is 3. The highest BCUT2D eigenvalue weighted by Crippen LogP contribution is 2.28. The van der Waals surface area contributed by atoms with Crippen LogP contribution in [-0.4, -0.2) is 11.1 Å². The van der Waals surface area contributed by atoms with Crippen molar-refractivity contribution in [2.45, 2.75) is 25.9 Å². The lowest BCUT2D eigenvalue weighted by Gasteiger charge is -2.14. The molecule has 0 aliphatic heterocycles. The highest BCUT2D eigenvalue weighted by Gasteiger charge is 2.12. The molecule has 2 aromatic rings. The summed E-state index contributed by atoms with van der Waals surface area (Å²) in [6.45, 7) is 2.39. The van der Waals surface area contributed by atoms with E-state index < -0.39 is 5.97 Å². The van der Waals surface area contributed by atoms with Gasteiger partial charge in [0.2, 0.25) is 5.76 Å². The van der Waals surface area contributed by atoms with Crippen molar-refractivity contribution >= 4 is 5.97 Å². The molecule has 1 heterocycles. The van der Waals surface area contributed by atoms with Crippen LogP contribution in [0.3, 0.4) is 0 Å². The summed E-state index contributed by atoms with van der Waals surface area (Å²) < 4.78 is 10.9. The van der Waals surface area contributed by atoms with Gasteiger partial charge < -0.3 is 14.3 Å². The third-order valence-electron chi connectivity index (χ3n) is 4.21. The maximum absolute atomic E-state index is 10.8. The molecule has 0 bridgehead atoms. The number of carboxylic acid groups (broad SMARTS) is 1. The highest BCUT2D eigenvalue weighted by atomic mass is 16.5. The van der Waals surface area contributed by atoms with Gasteiger partial charge in [-0.15, -0.1) is 0 Å². The van der Waals surface area contributed by atoms with E-state index in [9.17, 15) is 4.79 Å². The molecule has 1 aliphatic carbocycles. The molecule has 1 aliphatic rings. The number of carboxylic acids is 1. The molecule has 1 aromatic heterocycles. The van der Waals surface area contributed by atoms with E-state index in [-0.39, 0.29) is 12.4 Å². The first-order valence-electron chi connectivity index (χ1n) is 8.20. The number of allylic oxidation sites excluding steroid dienone is 5. The van der Waals surface area contributed by atoms with Crippen LogP contribution in [0.2, 0.25) is 0 Å². The predicted octanol–water partition coefficient (Wildman–Crippen LogP) is 5.07. The van der Waals surface area contributed by atoms with Crippen molar-refractivity contribution in [3.8, 4) is 0 Å². The van der Waals surface area contributed by atoms with Crippen molar-refractivity contribution in [1.29, 1.82) is 0 Å². The second-order valence-corrected chi connectivity index (χ2v) is 5.91. The van der Waals surface area contributed by atoms with E-state index in [1.165, 1.54) is 17.2 Å². The molecule has 4 nitrogen and oxygen atoms in total. The molecule has 0 fully saturated rings. The first-order valence-corrected chi connectivity index (χ1v) is 8.20. The summed E-state index contributed by atoms with van der Waals surface area (Å²) in [5.41, 5.74) is 2.60. The zero-order valence-corrected chi connectivity index (χ0v) is 14.0. The minimum Gasteiger partial charge on any atom is -0.486 e. The first-order chi connectivity index (χ1) is 12.1. The van der Waals surface area contributed by atoms with Gasteiger partial charge in [0.05, 0.1) is 0 Å². The van der Waals surface area contributed by atoms with Crippen LogP contribution < -0.4 is 0 Å². The van der Waals surface area contributed by atoms with E-state index >= 15 is 0 Å². The number of hydrogen-bond donors (Lipinski definition) is 1. The van der Waals surface area contributed by atoms with E-state index in [0.717, 1.165) is 12.2 Å². The average Bonchev–Trinajstić information content (AvgIpc) is 2.99. The molecule has 1 N–H and O–H groups in total. The van der Waals surface area contributed by atoms with Gasteiger partial charge in [0, 0.05) is 5.92 Å². The summed E-state index contributed by atoms with van der Waals surface area (Å²) in [5, 5.41) is 8.86. The van der Waals surface area contributed by atoms with Gasteiger partial charge in [0.15, 0.2) is 0 Å². The smallest absolute Gasteiger partial charge is 0.371 e. The molecule has 128 valence electrons. The van der Waals surface area contributed by atoms with Gasteiger partial charge in [-0.1, -0.05) is 55.0 Å². The Balaban J connectivity index is 1.65. The van der Waals surface area contributed by atoms with E-state index in [0.29, 0.717) is 11.7 Å². The van der Waals surface area contributed by atoms with E-state index in [2.05, 4.69) is 43.3 Å². The Morgan fingerprint density at radius 3 is 2.72 bits per heavy atom. The minimum absolute atomic E-state index is 0.0807. The van der Waals surface area contributed by atoms with E-state index in [1.54, 1.807) is 6.07 Å². The first kappa shape index (κ1) is 16.8. The van der Waals surface area contributed by atoms with Gasteiger partial charge in [0.25, 0.3) is 0 Å². The Hall–Kier alpha value is -3.01. The van der Waals surface area contributed by atoms with Gasteiger partial charge in [-0.05, 0) is 36.3 Å². The van der Waals surface area contributed by atoms with Crippen LogP contribution in [0.4, 0.5) is 0 Å². The molecule has 0 amide bonds. The molecule has 3 rings (SSSR count). The second kappa shape index (κ2) is 7.71. The summed E-state index contributed by atoms with van der Waals surface area (Å²) in [4.78, 5) is 10.8. The molecule has 1 atom stereocenters. The molecule has 4 heteroatoms. The molecule has 25 heavy (non-hydrogen) atoms. The maximum Gasteiger partial charge on any atom is 0.371 e. The van der Waals surface area contributed by atoms with E-state index in [4.69, 9.17) is 14.3 Å². The van der Waals surface area contributed by atoms with Gasteiger partial charge in [0.1, 0.15) is 18.1 Å². The van der Waals surface area contributed by atoms with Crippen LogP contribution >= 0.6 is 0 Å². The lowest BCUT2D eigenvalue weighted by molar-refractivity contribution is 0.0656. The fourth-order valence-electron chi connectivity index (χ4n) is 2.72. The zero-order chi connectivity index (χ0) is 17.6. The van der Waals surface area contributed by atoms with Crippen molar-refractivity contribution in [3.63, 3.8) is 0 Å². The number of aromatic carboxylic acids is 1. The predicted molar refractivity (Wildman–Crippen MR) is 95.2 cm³/mol. The molecule has 0 spiro atoms. The maximum atomic E-state index is 10.8. The Labute approximate surface area is 146 Å². The number of benzene rings is 1. The molecule has 0 saturated carbocycles. The topological polar surface area (TPSA) is 59.7 Å². The molecule has 1 aromatic carbocycles. The molecule has 0 saturated heterocycles. The number of rotatable bonds is 6. The summed E-state index contributed by atoms with van der Waals surface area (Å²) in [7, 11) is 0. The Kier molecular flexibility index (Phi) is 5.19. The van der Waals surface area contributed by atoms with Gasteiger partial charge in [-0.3, -0.25) is 0 Å². The average molecular weight is 336 g/mol. The normalized spacial score (nSPS) is 15.1. The fourth-order valence-corrected chi connectivity index (χ4v) is 2.72. The largest absolute Gasteiger partial charge is 0.486 e. The SMILES string of the molecule is CC(C1=CC=C(OCc2ccc(C(=O)O)o2)C=CC1)c1ccccc1. The fraction of sp³-hybridized carbons (Fsp3) is 0.190. The third kappa shape index (κ3) is 4.29. The summed E-state index contributed by atoms with van der Waals surface area (Å²) in [6.07, 6.45) is 8.91. The van der Waals surface area contributed by atoms with Gasteiger partial charge in [-0.2, -0.15) is 0 Å². The van der Waals surface area contributed by atoms with Crippen molar-refractivity contribution in [2.75, 3.05) is 0 Å². The van der Waals surface area contributed by atoms with E-state index in [1.807, 2.05) is 18.2 Å². The summed E-state index contributed by atoms with van der Waals surface area (Å²) >= 11 is 0. The minimum atomic E-state index is -1.08. The van der Waals surface area contributed by atoms with Crippen molar-refractivity contribution in [3.05, 3.63) is 95.2 Å². The van der Waals surface area contributed by atoms with Crippen molar-refractivity contribution in [1.82, 2.24) is 0 Å². The quantitative estimate of drug-likeness (QED) is 0.800. The lowest BCUT2D eigenvalue weighted by Crippen LogP contribution is -1.96. The molecular formula is C21H20O4. The van der Waals surface area contributed by atoms with Crippen LogP contribution in [0.1, 0.15) is 41.1 Å². The summed E-state index contributed by atoms with van der Waals surface area (Å²) in [6, 6.07) is 13.4. The summed E-state index contributed by atoms with van der Waals surface area (Å²) in [5.74, 6) is 0.385. The lowest BCUT2D eigenvalue weighted by atomic mass is 9.91. The zero-order valence-electron chi connectivity index (χ0n) is 14.0. The van der Waals surface area contributed by atoms with Crippen LogP contribution in [0.15, 0.2) is 82.5 Å². The third-order valence-corrected chi connectivity index (χ3v) is 4.21. The van der Waals surface area contributed by atoms with Gasteiger partial charge >= 0.3 is 5.97 Å². The molecule has 1 unspecified atom stereocenters. The molecular weight excluding hydrogens is 316 g/mol. The Morgan fingerprint density at radius 2 is 2.00 bits per heavy atom. The Bertz CT molecular complexity index is 825. The standard InChI is InChI=1S/C21H20O4/c1-15(16-6-3-2-4-7-16)17-8-5-9-18(11-10-17)24-14-19-12-13-20(25-19)21(22)23/h2-7,9-13,15H,8,14H2,1H3,(H,22,23). The number of carbonyl (C=O) groups is 1. The van der Waals surface area contributed by atoms with Crippen LogP contribution in [0, 0.1) is 0 Å².